The summed E-state index contributed by atoms with van der Waals surface area (Å²) in [5.74, 6) is 0. The van der Waals surface area contributed by atoms with Crippen molar-refractivity contribution in [2.75, 3.05) is 0 Å². The van der Waals surface area contributed by atoms with E-state index < -0.39 is 0 Å². The summed E-state index contributed by atoms with van der Waals surface area (Å²) in [6.45, 7) is 6.18. The van der Waals surface area contributed by atoms with E-state index in [1.54, 1.807) is 0 Å². The maximum absolute atomic E-state index is 3.70. The first-order chi connectivity index (χ1) is 9.75. The molecule has 0 bridgehead atoms. The van der Waals surface area contributed by atoms with E-state index >= 15 is 0 Å². The summed E-state index contributed by atoms with van der Waals surface area (Å²) in [5.41, 5.74) is 1.34. The fraction of sp³-hybridized carbons (Fsp3) is 0.158. The molecule has 0 aliphatic heterocycles. The lowest BCUT2D eigenvalue weighted by atomic mass is 9.92. The Hall–Kier alpha value is -1.60. The second kappa shape index (κ2) is 5.06. The Labute approximate surface area is 127 Å². The zero-order valence-electron chi connectivity index (χ0n) is 12.0. The van der Waals surface area contributed by atoms with Crippen LogP contribution in [0.5, 0.6) is 0 Å². The molecule has 100 valence electrons. The molecule has 4 aromatic carbocycles. The van der Waals surface area contributed by atoms with Crippen molar-refractivity contribution in [3.63, 3.8) is 0 Å². The molecule has 0 amide bonds. The van der Waals surface area contributed by atoms with E-state index in [4.69, 9.17) is 0 Å². The van der Waals surface area contributed by atoms with Crippen LogP contribution < -0.4 is 0 Å². The summed E-state index contributed by atoms with van der Waals surface area (Å²) in [6.07, 6.45) is 0. The van der Waals surface area contributed by atoms with Gasteiger partial charge in [-0.3, -0.25) is 0 Å². The van der Waals surface area contributed by atoms with E-state index in [2.05, 4.69) is 71.4 Å². The highest BCUT2D eigenvalue weighted by atomic mass is 79.9. The summed E-state index contributed by atoms with van der Waals surface area (Å²) in [7, 11) is 0. The van der Waals surface area contributed by atoms with Crippen molar-refractivity contribution < 1.29 is 0 Å². The van der Waals surface area contributed by atoms with Crippen LogP contribution in [0.2, 0.25) is 0 Å². The molecule has 0 spiro atoms. The maximum Gasteiger partial charge on any atom is 0.0260 e. The predicted molar refractivity (Wildman–Crippen MR) is 93.9 cm³/mol. The SMILES string of the molecule is CC.Cc1ccc2cc(Br)c3cccc4ccc1c2c43. The highest BCUT2D eigenvalue weighted by molar-refractivity contribution is 9.10. The monoisotopic (exact) mass is 324 g/mol. The van der Waals surface area contributed by atoms with Crippen LogP contribution in [-0.4, -0.2) is 0 Å². The number of hydrogen-bond donors (Lipinski definition) is 0. The number of hydrogen-bond acceptors (Lipinski definition) is 0. The topological polar surface area (TPSA) is 0 Å². The molecule has 4 rings (SSSR count). The van der Waals surface area contributed by atoms with Crippen LogP contribution in [-0.2, 0) is 0 Å². The third kappa shape index (κ3) is 1.81. The van der Waals surface area contributed by atoms with E-state index in [9.17, 15) is 0 Å². The fourth-order valence-electron chi connectivity index (χ4n) is 2.93. The largest absolute Gasteiger partial charge is 0.0683 e. The first-order valence-corrected chi connectivity index (χ1v) is 7.87. The third-order valence-electron chi connectivity index (χ3n) is 3.81. The smallest absolute Gasteiger partial charge is 0.0260 e. The van der Waals surface area contributed by atoms with Gasteiger partial charge in [-0.1, -0.05) is 72.2 Å². The molecular weight excluding hydrogens is 308 g/mol. The van der Waals surface area contributed by atoms with Crippen LogP contribution in [0.4, 0.5) is 0 Å². The zero-order valence-corrected chi connectivity index (χ0v) is 13.6. The molecular formula is C19H17Br. The summed E-state index contributed by atoms with van der Waals surface area (Å²) < 4.78 is 1.18. The highest BCUT2D eigenvalue weighted by Crippen LogP contribution is 2.39. The highest BCUT2D eigenvalue weighted by Gasteiger charge is 2.11. The Morgan fingerprint density at radius 1 is 0.750 bits per heavy atom. The van der Waals surface area contributed by atoms with Gasteiger partial charge in [0, 0.05) is 4.47 Å². The zero-order chi connectivity index (χ0) is 14.3. The Kier molecular flexibility index (Phi) is 3.39. The Bertz CT molecular complexity index is 885. The van der Waals surface area contributed by atoms with Gasteiger partial charge in [0.15, 0.2) is 0 Å². The van der Waals surface area contributed by atoms with Crippen LogP contribution in [0.15, 0.2) is 53.0 Å². The Morgan fingerprint density at radius 2 is 1.45 bits per heavy atom. The van der Waals surface area contributed by atoms with E-state index in [1.165, 1.54) is 42.4 Å². The standard InChI is InChI=1S/C17H11Br.C2H6/c1-10-5-6-12-9-15(18)14-4-2-3-11-7-8-13(10)17(12)16(11)14;1-2/h2-9H,1H3;1-2H3. The minimum absolute atomic E-state index is 1.18. The molecule has 0 radical (unpaired) electrons. The summed E-state index contributed by atoms with van der Waals surface area (Å²) in [5, 5.41) is 8.07. The van der Waals surface area contributed by atoms with Crippen molar-refractivity contribution in [1.82, 2.24) is 0 Å². The van der Waals surface area contributed by atoms with Gasteiger partial charge in [0.2, 0.25) is 0 Å². The lowest BCUT2D eigenvalue weighted by Gasteiger charge is -2.13. The quantitative estimate of drug-likeness (QED) is 0.316. The van der Waals surface area contributed by atoms with E-state index in [0.717, 1.165) is 0 Å². The van der Waals surface area contributed by atoms with Gasteiger partial charge in [0.05, 0.1) is 0 Å². The molecule has 0 fully saturated rings. The number of halogens is 1. The van der Waals surface area contributed by atoms with Crippen molar-refractivity contribution >= 4 is 48.2 Å². The Morgan fingerprint density at radius 3 is 2.25 bits per heavy atom. The van der Waals surface area contributed by atoms with Crippen molar-refractivity contribution in [2.24, 2.45) is 0 Å². The molecule has 0 aliphatic carbocycles. The second-order valence-corrected chi connectivity index (χ2v) is 5.71. The van der Waals surface area contributed by atoms with Gasteiger partial charge in [-0.05, 0) is 50.9 Å². The molecule has 0 aliphatic rings. The van der Waals surface area contributed by atoms with Crippen LogP contribution in [0.25, 0.3) is 32.3 Å². The first kappa shape index (κ1) is 13.4. The van der Waals surface area contributed by atoms with Crippen molar-refractivity contribution in [2.45, 2.75) is 20.8 Å². The molecule has 0 saturated carbocycles. The van der Waals surface area contributed by atoms with Gasteiger partial charge in [-0.15, -0.1) is 0 Å². The third-order valence-corrected chi connectivity index (χ3v) is 4.47. The van der Waals surface area contributed by atoms with Gasteiger partial charge < -0.3 is 0 Å². The molecule has 0 heterocycles. The average Bonchev–Trinajstić information content (AvgIpc) is 2.50. The van der Waals surface area contributed by atoms with Gasteiger partial charge >= 0.3 is 0 Å². The van der Waals surface area contributed by atoms with Gasteiger partial charge in [-0.2, -0.15) is 0 Å². The van der Waals surface area contributed by atoms with Crippen LogP contribution in [0.3, 0.4) is 0 Å². The van der Waals surface area contributed by atoms with Crippen molar-refractivity contribution in [1.29, 1.82) is 0 Å². The lowest BCUT2D eigenvalue weighted by Crippen LogP contribution is -1.86. The van der Waals surface area contributed by atoms with Crippen molar-refractivity contribution in [3.8, 4) is 0 Å². The summed E-state index contributed by atoms with van der Waals surface area (Å²) in [4.78, 5) is 0. The van der Waals surface area contributed by atoms with Crippen LogP contribution in [0, 0.1) is 6.92 Å². The molecule has 0 atom stereocenters. The molecule has 4 aromatic rings. The second-order valence-electron chi connectivity index (χ2n) is 4.86. The minimum atomic E-state index is 1.18. The lowest BCUT2D eigenvalue weighted by molar-refractivity contribution is 1.50. The minimum Gasteiger partial charge on any atom is -0.0683 e. The molecule has 0 saturated heterocycles. The maximum atomic E-state index is 3.70. The summed E-state index contributed by atoms with van der Waals surface area (Å²) in [6, 6.07) is 17.6. The Balaban J connectivity index is 0.000000581. The van der Waals surface area contributed by atoms with Gasteiger partial charge in [0.25, 0.3) is 0 Å². The molecule has 1 heteroatoms. The fourth-order valence-corrected chi connectivity index (χ4v) is 3.51. The van der Waals surface area contributed by atoms with Crippen molar-refractivity contribution in [3.05, 3.63) is 58.6 Å². The first-order valence-electron chi connectivity index (χ1n) is 7.08. The molecule has 20 heavy (non-hydrogen) atoms. The summed E-state index contributed by atoms with van der Waals surface area (Å²) >= 11 is 3.70. The predicted octanol–water partition coefficient (Wildman–Crippen LogP) is 6.68. The van der Waals surface area contributed by atoms with Gasteiger partial charge in [0.1, 0.15) is 0 Å². The van der Waals surface area contributed by atoms with Crippen LogP contribution in [0.1, 0.15) is 19.4 Å². The molecule has 0 unspecified atom stereocenters. The molecule has 0 nitrogen and oxygen atoms in total. The van der Waals surface area contributed by atoms with E-state index in [0.29, 0.717) is 0 Å². The normalized spacial score (nSPS) is 11.0. The molecule has 0 aromatic heterocycles. The number of benzene rings is 4. The van der Waals surface area contributed by atoms with E-state index in [1.807, 2.05) is 13.8 Å². The number of aryl methyl sites for hydroxylation is 1. The molecule has 0 N–H and O–H groups in total. The van der Waals surface area contributed by atoms with Crippen LogP contribution >= 0.6 is 15.9 Å². The van der Waals surface area contributed by atoms with E-state index in [-0.39, 0.29) is 0 Å². The average molecular weight is 325 g/mol. The van der Waals surface area contributed by atoms with Gasteiger partial charge in [-0.25, -0.2) is 0 Å². The number of rotatable bonds is 0.